The molecule has 178 valence electrons. The van der Waals surface area contributed by atoms with E-state index in [0.717, 1.165) is 41.5 Å². The van der Waals surface area contributed by atoms with Gasteiger partial charge in [-0.2, -0.15) is 5.10 Å². The maximum atomic E-state index is 12.7. The molecule has 1 saturated heterocycles. The van der Waals surface area contributed by atoms with Crippen molar-refractivity contribution in [3.8, 4) is 0 Å². The molecule has 2 aromatic heterocycles. The summed E-state index contributed by atoms with van der Waals surface area (Å²) in [7, 11) is 0. The van der Waals surface area contributed by atoms with Gasteiger partial charge in [0.2, 0.25) is 0 Å². The number of nitrogens with zero attached hydrogens (tertiary/aromatic N) is 4. The van der Waals surface area contributed by atoms with Gasteiger partial charge in [0, 0.05) is 47.8 Å². The van der Waals surface area contributed by atoms with Gasteiger partial charge < -0.3 is 10.2 Å². The molecule has 1 aliphatic heterocycles. The van der Waals surface area contributed by atoms with Gasteiger partial charge in [0.15, 0.2) is 16.8 Å². The number of halogens is 2. The third-order valence-corrected chi connectivity index (χ3v) is 7.28. The molecule has 0 unspecified atom stereocenters. The van der Waals surface area contributed by atoms with Crippen molar-refractivity contribution >= 4 is 58.2 Å². The van der Waals surface area contributed by atoms with Crippen LogP contribution >= 0.6 is 35.0 Å². The van der Waals surface area contributed by atoms with Gasteiger partial charge >= 0.3 is 0 Å². The number of carbonyl (C=O) groups is 1. The average molecular weight is 525 g/mol. The number of H-pyrrole nitrogens is 1. The fourth-order valence-corrected chi connectivity index (χ4v) is 4.80. The average Bonchev–Trinajstić information content (AvgIpc) is 3.20. The quantitative estimate of drug-likeness (QED) is 0.205. The lowest BCUT2D eigenvalue weighted by molar-refractivity contribution is 0.0993. The molecule has 10 heteroatoms. The fraction of sp³-hybridized carbons (Fsp3) is 0.200. The van der Waals surface area contributed by atoms with Gasteiger partial charge in [0.25, 0.3) is 0 Å². The van der Waals surface area contributed by atoms with Crippen LogP contribution in [0.5, 0.6) is 0 Å². The van der Waals surface area contributed by atoms with Gasteiger partial charge in [-0.05, 0) is 54.9 Å². The molecule has 0 aliphatic carbocycles. The van der Waals surface area contributed by atoms with E-state index in [9.17, 15) is 4.79 Å². The summed E-state index contributed by atoms with van der Waals surface area (Å²) in [6, 6.07) is 16.8. The number of hydrogen-bond acceptors (Lipinski definition) is 7. The maximum absolute atomic E-state index is 12.7. The highest BCUT2D eigenvalue weighted by Gasteiger charge is 2.19. The van der Waals surface area contributed by atoms with Gasteiger partial charge in [-0.1, -0.05) is 41.4 Å². The highest BCUT2D eigenvalue weighted by Crippen LogP contribution is 2.31. The van der Waals surface area contributed by atoms with Crippen LogP contribution in [0.3, 0.4) is 0 Å². The Morgan fingerprint density at radius 2 is 1.89 bits per heavy atom. The Bertz CT molecular complexity index is 1370. The normalized spacial score (nSPS) is 12.9. The summed E-state index contributed by atoms with van der Waals surface area (Å²) in [5, 5.41) is 11.7. The number of rotatable bonds is 8. The molecule has 2 N–H and O–H groups in total. The van der Waals surface area contributed by atoms with Crippen LogP contribution < -0.4 is 10.2 Å². The van der Waals surface area contributed by atoms with Crippen LogP contribution in [0.15, 0.2) is 64.6 Å². The zero-order valence-corrected chi connectivity index (χ0v) is 21.2. The molecule has 0 spiro atoms. The first-order chi connectivity index (χ1) is 16.9. The molecule has 35 heavy (non-hydrogen) atoms. The van der Waals surface area contributed by atoms with Crippen molar-refractivity contribution in [3.63, 3.8) is 0 Å². The second kappa shape index (κ2) is 10.3. The zero-order valence-electron chi connectivity index (χ0n) is 18.9. The number of aromatic amines is 1. The molecular weight excluding hydrogens is 503 g/mol. The van der Waals surface area contributed by atoms with E-state index in [4.69, 9.17) is 28.2 Å². The van der Waals surface area contributed by atoms with Crippen LogP contribution in [-0.4, -0.2) is 39.0 Å². The molecule has 0 amide bonds. The van der Waals surface area contributed by atoms with Crippen LogP contribution in [0.1, 0.15) is 28.0 Å². The summed E-state index contributed by atoms with van der Waals surface area (Å²) >= 11 is 13.7. The van der Waals surface area contributed by atoms with E-state index in [2.05, 4.69) is 25.4 Å². The molecule has 0 saturated carbocycles. The second-order valence-electron chi connectivity index (χ2n) is 8.24. The van der Waals surface area contributed by atoms with Crippen molar-refractivity contribution < 1.29 is 4.79 Å². The molecule has 7 nitrogen and oxygen atoms in total. The second-order valence-corrected chi connectivity index (χ2v) is 10.1. The summed E-state index contributed by atoms with van der Waals surface area (Å²) in [5.41, 5.74) is 2.29. The molecule has 1 aliphatic rings. The predicted molar refractivity (Wildman–Crippen MR) is 141 cm³/mol. The molecule has 1 fully saturated rings. The highest BCUT2D eigenvalue weighted by molar-refractivity contribution is 7.99. The van der Waals surface area contributed by atoms with E-state index in [0.29, 0.717) is 32.4 Å². The van der Waals surface area contributed by atoms with E-state index in [1.807, 2.05) is 43.3 Å². The lowest BCUT2D eigenvalue weighted by Gasteiger charge is -2.32. The summed E-state index contributed by atoms with van der Waals surface area (Å²) in [6.45, 7) is 3.93. The molecule has 3 heterocycles. The molecular formula is C25H22Cl2N6OS. The van der Waals surface area contributed by atoms with Gasteiger partial charge in [-0.3, -0.25) is 9.89 Å². The van der Waals surface area contributed by atoms with Gasteiger partial charge in [0.1, 0.15) is 11.6 Å². The van der Waals surface area contributed by atoms with Crippen molar-refractivity contribution in [2.24, 2.45) is 0 Å². The van der Waals surface area contributed by atoms with Crippen molar-refractivity contribution in [2.75, 3.05) is 23.3 Å². The van der Waals surface area contributed by atoms with Crippen LogP contribution in [0, 0.1) is 6.92 Å². The third kappa shape index (κ3) is 5.61. The van der Waals surface area contributed by atoms with Crippen LogP contribution in [0.4, 0.5) is 17.5 Å². The number of ketones is 1. The van der Waals surface area contributed by atoms with Gasteiger partial charge in [-0.15, -0.1) is 0 Å². The number of anilines is 3. The molecule has 0 atom stereocenters. The largest absolute Gasteiger partial charge is 0.356 e. The maximum Gasteiger partial charge on any atom is 0.196 e. The SMILES string of the molecule is Cc1cc(Nc2cc(N3CCC3)nc(Sc3ccc(CC(=O)c4cccc(Cl)c4Cl)cc3)n2)n[nH]1. The van der Waals surface area contributed by atoms with Crippen molar-refractivity contribution in [1.82, 2.24) is 20.2 Å². The molecule has 0 bridgehead atoms. The summed E-state index contributed by atoms with van der Waals surface area (Å²) in [4.78, 5) is 25.3. The Balaban J connectivity index is 1.31. The standard InChI is InChI=1S/C25H22Cl2N6OS/c1-15-12-22(32-31-15)28-21-14-23(33-10-3-11-33)30-25(29-21)35-17-8-6-16(7-9-17)13-20(34)18-4-2-5-19(26)24(18)27/h2,4-9,12,14H,3,10-11,13H2,1H3,(H2,28,29,30,31,32). The molecule has 5 rings (SSSR count). The Hall–Kier alpha value is -3.07. The first-order valence-electron chi connectivity index (χ1n) is 11.1. The number of aryl methyl sites for hydroxylation is 1. The monoisotopic (exact) mass is 524 g/mol. The first kappa shape index (κ1) is 23.7. The number of aromatic nitrogens is 4. The van der Waals surface area contributed by atoms with E-state index in [1.165, 1.54) is 11.8 Å². The third-order valence-electron chi connectivity index (χ3n) is 5.58. The van der Waals surface area contributed by atoms with E-state index in [-0.39, 0.29) is 12.2 Å². The minimum Gasteiger partial charge on any atom is -0.356 e. The predicted octanol–water partition coefficient (Wildman–Crippen LogP) is 6.35. The van der Waals surface area contributed by atoms with Gasteiger partial charge in [0.05, 0.1) is 10.0 Å². The van der Waals surface area contributed by atoms with Crippen LogP contribution in [-0.2, 0) is 6.42 Å². The van der Waals surface area contributed by atoms with E-state index >= 15 is 0 Å². The van der Waals surface area contributed by atoms with E-state index in [1.54, 1.807) is 18.2 Å². The van der Waals surface area contributed by atoms with E-state index < -0.39 is 0 Å². The number of nitrogens with one attached hydrogen (secondary N) is 2. The van der Waals surface area contributed by atoms with Crippen LogP contribution in [0.25, 0.3) is 0 Å². The smallest absolute Gasteiger partial charge is 0.196 e. The van der Waals surface area contributed by atoms with Gasteiger partial charge in [-0.25, -0.2) is 9.97 Å². The summed E-state index contributed by atoms with van der Waals surface area (Å²) < 4.78 is 0. The molecule has 4 aromatic rings. The number of hydrogen-bond donors (Lipinski definition) is 2. The zero-order chi connectivity index (χ0) is 24.4. The highest BCUT2D eigenvalue weighted by atomic mass is 35.5. The molecule has 0 radical (unpaired) electrons. The Labute approximate surface area is 217 Å². The Kier molecular flexibility index (Phi) is 6.95. The number of benzene rings is 2. The minimum atomic E-state index is -0.0761. The Morgan fingerprint density at radius 1 is 1.09 bits per heavy atom. The lowest BCUT2D eigenvalue weighted by Crippen LogP contribution is -2.37. The molecule has 2 aromatic carbocycles. The number of carbonyl (C=O) groups excluding carboxylic acids is 1. The van der Waals surface area contributed by atoms with Crippen LogP contribution in [0.2, 0.25) is 10.0 Å². The minimum absolute atomic E-state index is 0.0761. The summed E-state index contributed by atoms with van der Waals surface area (Å²) in [5.74, 6) is 2.22. The number of Topliss-reactive ketones (excluding diaryl/α,β-unsaturated/α-hetero) is 1. The fourth-order valence-electron chi connectivity index (χ4n) is 3.62. The van der Waals surface area contributed by atoms with Crippen molar-refractivity contribution in [2.45, 2.75) is 29.8 Å². The lowest BCUT2D eigenvalue weighted by atomic mass is 10.0. The first-order valence-corrected chi connectivity index (χ1v) is 12.7. The van der Waals surface area contributed by atoms with Crippen molar-refractivity contribution in [3.05, 3.63) is 81.5 Å². The van der Waals surface area contributed by atoms with Crippen molar-refractivity contribution in [1.29, 1.82) is 0 Å². The summed E-state index contributed by atoms with van der Waals surface area (Å²) in [6.07, 6.45) is 1.40. The Morgan fingerprint density at radius 3 is 2.57 bits per heavy atom. The topological polar surface area (TPSA) is 86.8 Å².